The predicted octanol–water partition coefficient (Wildman–Crippen LogP) is 0.875. The quantitative estimate of drug-likeness (QED) is 0.350. The molecule has 0 radical (unpaired) electrons. The Kier molecular flexibility index (Phi) is 7.06. The summed E-state index contributed by atoms with van der Waals surface area (Å²) >= 11 is 0. The molecule has 4 N–H and O–H groups in total. The van der Waals surface area contributed by atoms with E-state index in [1.165, 1.54) is 12.5 Å². The van der Waals surface area contributed by atoms with Gasteiger partial charge in [0.1, 0.15) is 0 Å². The topological polar surface area (TPSA) is 99.3 Å². The van der Waals surface area contributed by atoms with Gasteiger partial charge in [0.05, 0.1) is 0 Å². The highest BCUT2D eigenvalue weighted by atomic mass is 16.2. The molecule has 0 spiro atoms. The molecule has 1 rings (SSSR count). The molecule has 0 unspecified atom stereocenters. The lowest BCUT2D eigenvalue weighted by Gasteiger charge is -2.22. The minimum Gasteiger partial charge on any atom is -0.350 e. The smallest absolute Gasteiger partial charge is 0.327 e. The van der Waals surface area contributed by atoms with Gasteiger partial charge in [-0.3, -0.25) is 19.8 Å². The van der Waals surface area contributed by atoms with E-state index in [2.05, 4.69) is 21.5 Å². The lowest BCUT2D eigenvalue weighted by atomic mass is 9.95. The molecule has 7 nitrogen and oxygen atoms in total. The fourth-order valence-corrected chi connectivity index (χ4v) is 2.33. The van der Waals surface area contributed by atoms with Crippen LogP contribution in [0.1, 0.15) is 59.8 Å². The van der Waals surface area contributed by atoms with Crippen molar-refractivity contribution >= 4 is 17.7 Å². The second-order valence-corrected chi connectivity index (χ2v) is 6.95. The van der Waals surface area contributed by atoms with Gasteiger partial charge < -0.3 is 16.1 Å². The van der Waals surface area contributed by atoms with Crippen LogP contribution in [0.3, 0.4) is 0 Å². The van der Waals surface area contributed by atoms with Gasteiger partial charge in [-0.05, 0) is 40.5 Å². The molecular weight excluding hydrogens is 296 g/mol. The highest BCUT2D eigenvalue weighted by Crippen LogP contribution is 2.17. The maximum Gasteiger partial charge on any atom is 0.327 e. The van der Waals surface area contributed by atoms with Crippen LogP contribution >= 0.6 is 0 Å². The van der Waals surface area contributed by atoms with E-state index in [4.69, 9.17) is 0 Å². The molecule has 23 heavy (non-hydrogen) atoms. The Labute approximate surface area is 137 Å². The molecule has 1 aliphatic rings. The van der Waals surface area contributed by atoms with E-state index in [1.54, 1.807) is 27.7 Å². The molecule has 1 aliphatic carbocycles. The number of hydrogen-bond acceptors (Lipinski definition) is 4. The fourth-order valence-electron chi connectivity index (χ4n) is 2.33. The number of hydrazine groups is 1. The molecule has 0 bridgehead atoms. The molecule has 7 heteroatoms. The summed E-state index contributed by atoms with van der Waals surface area (Å²) in [6.07, 6.45) is 6.91. The number of carbonyl (C=O) groups excluding carboxylic acids is 3. The molecule has 0 aliphatic heterocycles. The number of amides is 3. The van der Waals surface area contributed by atoms with E-state index in [0.29, 0.717) is 5.70 Å². The molecule has 0 atom stereocenters. The Morgan fingerprint density at radius 3 is 2.13 bits per heavy atom. The Morgan fingerprint density at radius 1 is 0.957 bits per heavy atom. The van der Waals surface area contributed by atoms with Crippen LogP contribution in [0.5, 0.6) is 0 Å². The maximum absolute atomic E-state index is 11.9. The third-order valence-corrected chi connectivity index (χ3v) is 3.37. The minimum atomic E-state index is -0.805. The monoisotopic (exact) mass is 324 g/mol. The molecule has 1 saturated carbocycles. The van der Waals surface area contributed by atoms with Crippen molar-refractivity contribution in [3.05, 3.63) is 11.8 Å². The first-order valence-corrected chi connectivity index (χ1v) is 8.04. The standard InChI is InChI=1S/C16H28N4O3/c1-11(10-13(21)17-12-8-6-5-7-9-12)19-20-15(23)14(22)18-16(2,3)4/h10,12,19H,5-9H2,1-4H3,(H,17,21)(H,18,22)(H,20,23)/b11-10+. The number of rotatable bonds is 4. The van der Waals surface area contributed by atoms with Gasteiger partial charge in [0.25, 0.3) is 0 Å². The van der Waals surface area contributed by atoms with Gasteiger partial charge in [0, 0.05) is 23.4 Å². The van der Waals surface area contributed by atoms with Gasteiger partial charge in [-0.2, -0.15) is 0 Å². The molecule has 0 aromatic carbocycles. The lowest BCUT2D eigenvalue weighted by Crippen LogP contribution is -2.51. The average Bonchev–Trinajstić information content (AvgIpc) is 2.43. The van der Waals surface area contributed by atoms with E-state index in [-0.39, 0.29) is 11.9 Å². The molecule has 0 saturated heterocycles. The zero-order valence-corrected chi connectivity index (χ0v) is 14.4. The van der Waals surface area contributed by atoms with Gasteiger partial charge in [0.2, 0.25) is 5.91 Å². The molecule has 0 heterocycles. The summed E-state index contributed by atoms with van der Waals surface area (Å²) in [5.74, 6) is -1.74. The lowest BCUT2D eigenvalue weighted by molar-refractivity contribution is -0.140. The summed E-state index contributed by atoms with van der Waals surface area (Å²) in [5, 5.41) is 5.49. The summed E-state index contributed by atoms with van der Waals surface area (Å²) in [6.45, 7) is 6.99. The summed E-state index contributed by atoms with van der Waals surface area (Å²) in [4.78, 5) is 35.1. The number of nitrogens with one attached hydrogen (secondary N) is 4. The van der Waals surface area contributed by atoms with Crippen molar-refractivity contribution in [1.29, 1.82) is 0 Å². The Hall–Kier alpha value is -2.05. The van der Waals surface area contributed by atoms with Gasteiger partial charge in [0.15, 0.2) is 0 Å². The first kappa shape index (κ1) is 19.0. The van der Waals surface area contributed by atoms with Crippen LogP contribution in [0.2, 0.25) is 0 Å². The van der Waals surface area contributed by atoms with Crippen molar-refractivity contribution < 1.29 is 14.4 Å². The van der Waals surface area contributed by atoms with E-state index < -0.39 is 17.4 Å². The Balaban J connectivity index is 2.36. The molecule has 1 fully saturated rings. The SMILES string of the molecule is C/C(=C\C(=O)NC1CCCCC1)NNC(=O)C(=O)NC(C)(C)C. The van der Waals surface area contributed by atoms with Crippen LogP contribution in [0, 0.1) is 0 Å². The van der Waals surface area contributed by atoms with Crippen molar-refractivity contribution in [2.45, 2.75) is 71.4 Å². The molecule has 0 aromatic heterocycles. The number of hydrogen-bond donors (Lipinski definition) is 4. The molecule has 0 aromatic rings. The minimum absolute atomic E-state index is 0.199. The first-order chi connectivity index (χ1) is 10.7. The van der Waals surface area contributed by atoms with Gasteiger partial charge in [-0.1, -0.05) is 19.3 Å². The highest BCUT2D eigenvalue weighted by Gasteiger charge is 2.20. The van der Waals surface area contributed by atoms with Crippen molar-refractivity contribution in [2.24, 2.45) is 0 Å². The zero-order valence-electron chi connectivity index (χ0n) is 14.4. The maximum atomic E-state index is 11.9. The second kappa shape index (κ2) is 8.55. The Bertz CT molecular complexity index is 474. The van der Waals surface area contributed by atoms with E-state index in [0.717, 1.165) is 25.7 Å². The highest BCUT2D eigenvalue weighted by molar-refractivity contribution is 6.35. The zero-order chi connectivity index (χ0) is 17.5. The van der Waals surface area contributed by atoms with Crippen LogP contribution in [-0.2, 0) is 14.4 Å². The molecule has 3 amide bonds. The van der Waals surface area contributed by atoms with Crippen LogP contribution in [-0.4, -0.2) is 29.3 Å². The third-order valence-electron chi connectivity index (χ3n) is 3.37. The summed E-state index contributed by atoms with van der Waals surface area (Å²) < 4.78 is 0. The molecule has 130 valence electrons. The van der Waals surface area contributed by atoms with Crippen molar-refractivity contribution in [1.82, 2.24) is 21.5 Å². The number of allylic oxidation sites excluding steroid dienone is 1. The summed E-state index contributed by atoms with van der Waals surface area (Å²) in [5.41, 5.74) is 4.79. The normalized spacial score (nSPS) is 16.4. The molecular formula is C16H28N4O3. The average molecular weight is 324 g/mol. The largest absolute Gasteiger partial charge is 0.350 e. The van der Waals surface area contributed by atoms with Gasteiger partial charge >= 0.3 is 11.8 Å². The van der Waals surface area contributed by atoms with Gasteiger partial charge in [-0.25, -0.2) is 0 Å². The number of carbonyl (C=O) groups is 3. The van der Waals surface area contributed by atoms with E-state index >= 15 is 0 Å². The van der Waals surface area contributed by atoms with Crippen LogP contribution in [0.15, 0.2) is 11.8 Å². The van der Waals surface area contributed by atoms with E-state index in [1.807, 2.05) is 0 Å². The van der Waals surface area contributed by atoms with Crippen molar-refractivity contribution in [3.63, 3.8) is 0 Å². The van der Waals surface area contributed by atoms with Crippen LogP contribution < -0.4 is 21.5 Å². The van der Waals surface area contributed by atoms with Crippen molar-refractivity contribution in [3.8, 4) is 0 Å². The second-order valence-electron chi connectivity index (χ2n) is 6.95. The van der Waals surface area contributed by atoms with Crippen molar-refractivity contribution in [2.75, 3.05) is 0 Å². The first-order valence-electron chi connectivity index (χ1n) is 8.04. The van der Waals surface area contributed by atoms with Crippen LogP contribution in [0.25, 0.3) is 0 Å². The van der Waals surface area contributed by atoms with Gasteiger partial charge in [-0.15, -0.1) is 0 Å². The predicted molar refractivity (Wildman–Crippen MR) is 87.9 cm³/mol. The summed E-state index contributed by atoms with van der Waals surface area (Å²) in [6, 6.07) is 0.229. The van der Waals surface area contributed by atoms with E-state index in [9.17, 15) is 14.4 Å². The summed E-state index contributed by atoms with van der Waals surface area (Å²) in [7, 11) is 0. The third kappa shape index (κ3) is 8.23. The Morgan fingerprint density at radius 2 is 1.57 bits per heavy atom. The fraction of sp³-hybridized carbons (Fsp3) is 0.688. The van der Waals surface area contributed by atoms with Crippen LogP contribution in [0.4, 0.5) is 0 Å².